The molecule has 1 aliphatic heterocycles. The summed E-state index contributed by atoms with van der Waals surface area (Å²) in [5.74, 6) is -0.681. The van der Waals surface area contributed by atoms with Gasteiger partial charge in [0.1, 0.15) is 0 Å². The van der Waals surface area contributed by atoms with E-state index in [1.165, 1.54) is 10.6 Å². The van der Waals surface area contributed by atoms with Crippen molar-refractivity contribution in [3.05, 3.63) is 39.3 Å². The molecule has 7 nitrogen and oxygen atoms in total. The zero-order valence-corrected chi connectivity index (χ0v) is 16.0. The van der Waals surface area contributed by atoms with Gasteiger partial charge in [-0.1, -0.05) is 23.4 Å². The molecular weight excluding hydrogens is 421 g/mol. The molecule has 0 saturated carbocycles. The number of carbonyl (C=O) groups is 1. The monoisotopic (exact) mass is 436 g/mol. The standard InChI is InChI=1S/C16H16ClF3N4O3S/c17-12-4-3-9(6-11(12)16(18,19)20)21-13(25)8-28-15-23-22-14(26)24(15)7-10-2-1-5-27-10/h3-4,6,10H,1-2,5,7-8H2,(H,21,25)(H,22,26). The first-order valence-electron chi connectivity index (χ1n) is 8.30. The predicted octanol–water partition coefficient (Wildman–Crippen LogP) is 3.15. The zero-order chi connectivity index (χ0) is 20.3. The van der Waals surface area contributed by atoms with Gasteiger partial charge in [-0.25, -0.2) is 9.89 Å². The number of hydrogen-bond acceptors (Lipinski definition) is 5. The Labute approximate surface area is 166 Å². The maximum absolute atomic E-state index is 12.9. The van der Waals surface area contributed by atoms with Crippen LogP contribution in [0.5, 0.6) is 0 Å². The summed E-state index contributed by atoms with van der Waals surface area (Å²) < 4.78 is 45.6. The molecule has 1 amide bonds. The van der Waals surface area contributed by atoms with Crippen LogP contribution in [0.4, 0.5) is 18.9 Å². The average Bonchev–Trinajstić information content (AvgIpc) is 3.25. The van der Waals surface area contributed by atoms with Crippen molar-refractivity contribution in [1.82, 2.24) is 14.8 Å². The van der Waals surface area contributed by atoms with Gasteiger partial charge in [-0.05, 0) is 31.0 Å². The van der Waals surface area contributed by atoms with Crippen LogP contribution in [-0.4, -0.2) is 39.1 Å². The first kappa shape index (κ1) is 20.7. The topological polar surface area (TPSA) is 89.0 Å². The first-order chi connectivity index (χ1) is 13.2. The number of aromatic amines is 1. The summed E-state index contributed by atoms with van der Waals surface area (Å²) in [4.78, 5) is 24.0. The van der Waals surface area contributed by atoms with Crippen molar-refractivity contribution in [1.29, 1.82) is 0 Å². The molecule has 0 bridgehead atoms. The third-order valence-corrected chi connectivity index (χ3v) is 5.33. The minimum absolute atomic E-state index is 0.0268. The fraction of sp³-hybridized carbons (Fsp3) is 0.438. The lowest BCUT2D eigenvalue weighted by Crippen LogP contribution is -2.25. The van der Waals surface area contributed by atoms with E-state index in [-0.39, 0.29) is 17.5 Å². The number of carbonyl (C=O) groups excluding carboxylic acids is 1. The van der Waals surface area contributed by atoms with Crippen molar-refractivity contribution in [3.63, 3.8) is 0 Å². The lowest BCUT2D eigenvalue weighted by atomic mass is 10.2. The fourth-order valence-corrected chi connectivity index (χ4v) is 3.69. The van der Waals surface area contributed by atoms with Crippen molar-refractivity contribution in [3.8, 4) is 0 Å². The molecule has 2 aromatic rings. The molecule has 0 spiro atoms. The van der Waals surface area contributed by atoms with Crippen LogP contribution in [-0.2, 0) is 22.3 Å². The van der Waals surface area contributed by atoms with Gasteiger partial charge in [-0.2, -0.15) is 13.2 Å². The Morgan fingerprint density at radius 2 is 2.25 bits per heavy atom. The van der Waals surface area contributed by atoms with Crippen LogP contribution >= 0.6 is 23.4 Å². The molecule has 152 valence electrons. The number of ether oxygens (including phenoxy) is 1. The summed E-state index contributed by atoms with van der Waals surface area (Å²) in [6.07, 6.45) is -2.96. The largest absolute Gasteiger partial charge is 0.417 e. The lowest BCUT2D eigenvalue weighted by molar-refractivity contribution is -0.137. The van der Waals surface area contributed by atoms with Gasteiger partial charge in [0.15, 0.2) is 5.16 Å². The van der Waals surface area contributed by atoms with E-state index >= 15 is 0 Å². The number of nitrogens with zero attached hydrogens (tertiary/aromatic N) is 2. The highest BCUT2D eigenvalue weighted by atomic mass is 35.5. The third-order valence-electron chi connectivity index (χ3n) is 4.02. The number of hydrogen-bond donors (Lipinski definition) is 2. The Hall–Kier alpha value is -1.98. The van der Waals surface area contributed by atoms with E-state index in [1.807, 2.05) is 0 Å². The summed E-state index contributed by atoms with van der Waals surface area (Å²) >= 11 is 6.55. The normalized spacial score (nSPS) is 17.1. The van der Waals surface area contributed by atoms with Crippen LogP contribution in [0.25, 0.3) is 0 Å². The molecule has 1 fully saturated rings. The molecule has 1 aromatic carbocycles. The molecule has 1 aliphatic rings. The van der Waals surface area contributed by atoms with Crippen LogP contribution in [0.3, 0.4) is 0 Å². The molecular formula is C16H16ClF3N4O3S. The maximum atomic E-state index is 12.9. The van der Waals surface area contributed by atoms with Gasteiger partial charge in [0.25, 0.3) is 0 Å². The van der Waals surface area contributed by atoms with E-state index in [2.05, 4.69) is 15.5 Å². The number of aromatic nitrogens is 3. The SMILES string of the molecule is O=C(CSc1n[nH]c(=O)n1CC1CCCO1)Nc1ccc(Cl)c(C(F)(F)F)c1. The highest BCUT2D eigenvalue weighted by Crippen LogP contribution is 2.36. The number of rotatable bonds is 6. The van der Waals surface area contributed by atoms with Crippen LogP contribution < -0.4 is 11.0 Å². The van der Waals surface area contributed by atoms with Gasteiger partial charge in [0.2, 0.25) is 5.91 Å². The fourth-order valence-electron chi connectivity index (χ4n) is 2.71. The molecule has 2 heterocycles. The summed E-state index contributed by atoms with van der Waals surface area (Å²) in [5.41, 5.74) is -1.47. The molecule has 1 saturated heterocycles. The van der Waals surface area contributed by atoms with E-state index in [0.29, 0.717) is 18.3 Å². The highest BCUT2D eigenvalue weighted by molar-refractivity contribution is 7.99. The Balaban J connectivity index is 1.62. The smallest absolute Gasteiger partial charge is 0.376 e. The summed E-state index contributed by atoms with van der Waals surface area (Å²) in [6.45, 7) is 0.967. The van der Waals surface area contributed by atoms with E-state index in [1.54, 1.807) is 0 Å². The zero-order valence-electron chi connectivity index (χ0n) is 14.4. The molecule has 3 rings (SSSR count). The number of halogens is 4. The second kappa shape index (κ2) is 8.58. The van der Waals surface area contributed by atoms with E-state index in [4.69, 9.17) is 16.3 Å². The van der Waals surface area contributed by atoms with Gasteiger partial charge in [-0.3, -0.25) is 9.36 Å². The van der Waals surface area contributed by atoms with Crippen molar-refractivity contribution in [2.45, 2.75) is 36.8 Å². The average molecular weight is 437 g/mol. The minimum Gasteiger partial charge on any atom is -0.376 e. The van der Waals surface area contributed by atoms with Gasteiger partial charge in [0, 0.05) is 12.3 Å². The van der Waals surface area contributed by atoms with E-state index in [0.717, 1.165) is 36.7 Å². The minimum atomic E-state index is -4.63. The van der Waals surface area contributed by atoms with Crippen LogP contribution in [0, 0.1) is 0 Å². The number of H-pyrrole nitrogens is 1. The Morgan fingerprint density at radius 3 is 2.93 bits per heavy atom. The number of alkyl halides is 3. The molecule has 1 aromatic heterocycles. The molecule has 28 heavy (non-hydrogen) atoms. The van der Waals surface area contributed by atoms with Gasteiger partial charge in [-0.15, -0.1) is 5.10 Å². The lowest BCUT2D eigenvalue weighted by Gasteiger charge is -2.12. The molecule has 0 radical (unpaired) electrons. The van der Waals surface area contributed by atoms with Gasteiger partial charge < -0.3 is 10.1 Å². The van der Waals surface area contributed by atoms with Crippen molar-refractivity contribution in [2.24, 2.45) is 0 Å². The number of anilines is 1. The second-order valence-corrected chi connectivity index (χ2v) is 7.44. The predicted molar refractivity (Wildman–Crippen MR) is 97.6 cm³/mol. The summed E-state index contributed by atoms with van der Waals surface area (Å²) in [5, 5.41) is 8.45. The van der Waals surface area contributed by atoms with Gasteiger partial charge >= 0.3 is 11.9 Å². The number of amides is 1. The molecule has 1 unspecified atom stereocenters. The van der Waals surface area contributed by atoms with Crippen LogP contribution in [0.2, 0.25) is 5.02 Å². The Kier molecular flexibility index (Phi) is 6.36. The van der Waals surface area contributed by atoms with Crippen molar-refractivity contribution >= 4 is 35.0 Å². The molecule has 12 heteroatoms. The summed E-state index contributed by atoms with van der Waals surface area (Å²) in [7, 11) is 0. The summed E-state index contributed by atoms with van der Waals surface area (Å²) in [6, 6.07) is 3.12. The highest BCUT2D eigenvalue weighted by Gasteiger charge is 2.33. The molecule has 1 atom stereocenters. The first-order valence-corrected chi connectivity index (χ1v) is 9.66. The van der Waals surface area contributed by atoms with Crippen LogP contribution in [0.15, 0.2) is 28.2 Å². The van der Waals surface area contributed by atoms with E-state index < -0.39 is 28.4 Å². The second-order valence-electron chi connectivity index (χ2n) is 6.09. The quantitative estimate of drug-likeness (QED) is 0.679. The maximum Gasteiger partial charge on any atom is 0.417 e. The third kappa shape index (κ3) is 5.09. The van der Waals surface area contributed by atoms with Gasteiger partial charge in [0.05, 0.1) is 29.0 Å². The van der Waals surface area contributed by atoms with Crippen molar-refractivity contribution in [2.75, 3.05) is 17.7 Å². The number of thioether (sulfide) groups is 1. The molecule has 2 N–H and O–H groups in total. The Bertz CT molecular complexity index is 909. The van der Waals surface area contributed by atoms with Crippen LogP contribution in [0.1, 0.15) is 18.4 Å². The number of benzene rings is 1. The van der Waals surface area contributed by atoms with Crippen molar-refractivity contribution < 1.29 is 22.7 Å². The Morgan fingerprint density at radius 1 is 1.46 bits per heavy atom. The molecule has 0 aliphatic carbocycles. The van der Waals surface area contributed by atoms with E-state index in [9.17, 15) is 22.8 Å². The number of nitrogens with one attached hydrogen (secondary N) is 2.